The SMILES string of the molecule is CCCCCCCCC/C=C(\C)c1ccc(C)cc1. The van der Waals surface area contributed by atoms with Gasteiger partial charge in [-0.15, -0.1) is 0 Å². The van der Waals surface area contributed by atoms with Crippen LogP contribution in [0.2, 0.25) is 0 Å². The van der Waals surface area contributed by atoms with Crippen LogP contribution < -0.4 is 0 Å². The Balaban J connectivity index is 2.16. The van der Waals surface area contributed by atoms with E-state index in [1.165, 1.54) is 68.1 Å². The number of hydrogen-bond acceptors (Lipinski definition) is 0. The van der Waals surface area contributed by atoms with Gasteiger partial charge in [-0.05, 0) is 37.8 Å². The highest BCUT2D eigenvalue weighted by atomic mass is 14.0. The van der Waals surface area contributed by atoms with Gasteiger partial charge in [0.05, 0.1) is 0 Å². The van der Waals surface area contributed by atoms with E-state index in [-0.39, 0.29) is 0 Å². The zero-order chi connectivity index (χ0) is 13.9. The summed E-state index contributed by atoms with van der Waals surface area (Å²) < 4.78 is 0. The summed E-state index contributed by atoms with van der Waals surface area (Å²) in [6, 6.07) is 8.85. The van der Waals surface area contributed by atoms with E-state index in [1.54, 1.807) is 0 Å². The van der Waals surface area contributed by atoms with Crippen molar-refractivity contribution in [2.45, 2.75) is 72.1 Å². The molecule has 1 rings (SSSR count). The first-order chi connectivity index (χ1) is 9.24. The molecule has 0 saturated carbocycles. The Morgan fingerprint density at radius 1 is 0.895 bits per heavy atom. The van der Waals surface area contributed by atoms with Crippen LogP contribution in [0.5, 0.6) is 0 Å². The summed E-state index contributed by atoms with van der Waals surface area (Å²) in [6.07, 6.45) is 13.4. The van der Waals surface area contributed by atoms with Gasteiger partial charge in [-0.2, -0.15) is 0 Å². The molecule has 0 saturated heterocycles. The van der Waals surface area contributed by atoms with Crippen molar-refractivity contribution in [1.82, 2.24) is 0 Å². The van der Waals surface area contributed by atoms with Crippen LogP contribution in [0.1, 0.15) is 76.3 Å². The molecule has 0 aliphatic heterocycles. The fraction of sp³-hybridized carbons (Fsp3) is 0.579. The highest BCUT2D eigenvalue weighted by molar-refractivity contribution is 5.63. The van der Waals surface area contributed by atoms with Gasteiger partial charge < -0.3 is 0 Å². The second-order valence-electron chi connectivity index (χ2n) is 5.66. The summed E-state index contributed by atoms with van der Waals surface area (Å²) in [5.41, 5.74) is 4.13. The minimum Gasteiger partial charge on any atom is -0.0810 e. The van der Waals surface area contributed by atoms with Gasteiger partial charge in [0, 0.05) is 0 Å². The van der Waals surface area contributed by atoms with Gasteiger partial charge in [-0.1, -0.05) is 81.4 Å². The molecular weight excluding hydrogens is 228 g/mol. The van der Waals surface area contributed by atoms with Crippen LogP contribution in [0.25, 0.3) is 5.57 Å². The summed E-state index contributed by atoms with van der Waals surface area (Å²) in [7, 11) is 0. The molecule has 0 heteroatoms. The van der Waals surface area contributed by atoms with Crippen LogP contribution in [0.15, 0.2) is 30.3 Å². The fourth-order valence-electron chi connectivity index (χ4n) is 2.35. The van der Waals surface area contributed by atoms with E-state index in [0.29, 0.717) is 0 Å². The monoisotopic (exact) mass is 258 g/mol. The number of rotatable bonds is 9. The molecule has 0 spiro atoms. The second-order valence-corrected chi connectivity index (χ2v) is 5.66. The summed E-state index contributed by atoms with van der Waals surface area (Å²) in [4.78, 5) is 0. The van der Waals surface area contributed by atoms with E-state index >= 15 is 0 Å². The van der Waals surface area contributed by atoms with Crippen LogP contribution in [0.4, 0.5) is 0 Å². The zero-order valence-corrected chi connectivity index (χ0v) is 13.0. The molecule has 0 atom stereocenters. The fourth-order valence-corrected chi connectivity index (χ4v) is 2.35. The van der Waals surface area contributed by atoms with Crippen molar-refractivity contribution in [2.24, 2.45) is 0 Å². The van der Waals surface area contributed by atoms with Crippen molar-refractivity contribution in [3.8, 4) is 0 Å². The predicted octanol–water partition coefficient (Wildman–Crippen LogP) is 6.54. The highest BCUT2D eigenvalue weighted by Crippen LogP contribution is 2.16. The Morgan fingerprint density at radius 3 is 2.11 bits per heavy atom. The molecule has 0 N–H and O–H groups in total. The summed E-state index contributed by atoms with van der Waals surface area (Å²) in [5, 5.41) is 0. The van der Waals surface area contributed by atoms with Crippen molar-refractivity contribution < 1.29 is 0 Å². The van der Waals surface area contributed by atoms with Crippen LogP contribution in [-0.2, 0) is 0 Å². The van der Waals surface area contributed by atoms with Crippen LogP contribution in [-0.4, -0.2) is 0 Å². The van der Waals surface area contributed by atoms with E-state index in [0.717, 1.165) is 0 Å². The van der Waals surface area contributed by atoms with E-state index < -0.39 is 0 Å². The number of benzene rings is 1. The maximum absolute atomic E-state index is 2.40. The molecule has 1 aromatic carbocycles. The lowest BCUT2D eigenvalue weighted by Crippen LogP contribution is -1.82. The Kier molecular flexibility index (Phi) is 8.29. The predicted molar refractivity (Wildman–Crippen MR) is 87.4 cm³/mol. The maximum atomic E-state index is 2.40. The van der Waals surface area contributed by atoms with Crippen LogP contribution >= 0.6 is 0 Å². The molecule has 0 aliphatic rings. The first kappa shape index (κ1) is 16.0. The van der Waals surface area contributed by atoms with Gasteiger partial charge in [0.2, 0.25) is 0 Å². The Hall–Kier alpha value is -1.04. The second kappa shape index (κ2) is 9.83. The van der Waals surface area contributed by atoms with Crippen LogP contribution in [0.3, 0.4) is 0 Å². The molecule has 0 bridgehead atoms. The molecular formula is C19H30. The van der Waals surface area contributed by atoms with E-state index in [1.807, 2.05) is 0 Å². The number of unbranched alkanes of at least 4 members (excludes halogenated alkanes) is 7. The Bertz CT molecular complexity index is 356. The average Bonchev–Trinajstić information content (AvgIpc) is 2.42. The molecule has 0 heterocycles. The van der Waals surface area contributed by atoms with Crippen molar-refractivity contribution in [3.05, 3.63) is 41.5 Å². The summed E-state index contributed by atoms with van der Waals surface area (Å²) in [5.74, 6) is 0. The molecule has 0 aliphatic carbocycles. The van der Waals surface area contributed by atoms with Gasteiger partial charge in [0.1, 0.15) is 0 Å². The molecule has 0 fully saturated rings. The van der Waals surface area contributed by atoms with Crippen LogP contribution in [0, 0.1) is 6.92 Å². The van der Waals surface area contributed by atoms with Crippen molar-refractivity contribution >= 4 is 5.57 Å². The molecule has 0 aromatic heterocycles. The van der Waals surface area contributed by atoms with Crippen molar-refractivity contribution in [2.75, 3.05) is 0 Å². The number of allylic oxidation sites excluding steroid dienone is 2. The molecule has 1 aromatic rings. The first-order valence-electron chi connectivity index (χ1n) is 7.98. The zero-order valence-electron chi connectivity index (χ0n) is 13.0. The highest BCUT2D eigenvalue weighted by Gasteiger charge is 1.95. The lowest BCUT2D eigenvalue weighted by atomic mass is 10.0. The summed E-state index contributed by atoms with van der Waals surface area (Å²) in [6.45, 7) is 6.64. The molecule has 19 heavy (non-hydrogen) atoms. The van der Waals surface area contributed by atoms with Gasteiger partial charge in [0.15, 0.2) is 0 Å². The van der Waals surface area contributed by atoms with Gasteiger partial charge in [-0.3, -0.25) is 0 Å². The maximum Gasteiger partial charge on any atom is -0.0230 e. The number of aryl methyl sites for hydroxylation is 1. The molecule has 0 amide bonds. The third-order valence-electron chi connectivity index (χ3n) is 3.77. The Labute approximate surface area is 119 Å². The van der Waals surface area contributed by atoms with Gasteiger partial charge >= 0.3 is 0 Å². The first-order valence-corrected chi connectivity index (χ1v) is 7.98. The minimum absolute atomic E-state index is 1.23. The minimum atomic E-state index is 1.23. The van der Waals surface area contributed by atoms with E-state index in [2.05, 4.69) is 51.1 Å². The molecule has 106 valence electrons. The Morgan fingerprint density at radius 2 is 1.47 bits per heavy atom. The summed E-state index contributed by atoms with van der Waals surface area (Å²) >= 11 is 0. The largest absolute Gasteiger partial charge is 0.0810 e. The smallest absolute Gasteiger partial charge is 0.0230 e. The molecule has 0 unspecified atom stereocenters. The third kappa shape index (κ3) is 7.20. The third-order valence-corrected chi connectivity index (χ3v) is 3.77. The lowest BCUT2D eigenvalue weighted by Gasteiger charge is -2.03. The number of hydrogen-bond donors (Lipinski definition) is 0. The molecule has 0 nitrogen and oxygen atoms in total. The average molecular weight is 258 g/mol. The van der Waals surface area contributed by atoms with Gasteiger partial charge in [-0.25, -0.2) is 0 Å². The standard InChI is InChI=1S/C19H30/c1-4-5-6-7-8-9-10-11-12-18(3)19-15-13-17(2)14-16-19/h12-16H,4-11H2,1-3H3/b18-12+. The topological polar surface area (TPSA) is 0 Å². The lowest BCUT2D eigenvalue weighted by molar-refractivity contribution is 0.592. The van der Waals surface area contributed by atoms with E-state index in [9.17, 15) is 0 Å². The van der Waals surface area contributed by atoms with E-state index in [4.69, 9.17) is 0 Å². The van der Waals surface area contributed by atoms with Crippen molar-refractivity contribution in [3.63, 3.8) is 0 Å². The quantitative estimate of drug-likeness (QED) is 0.441. The molecule has 0 radical (unpaired) electrons. The van der Waals surface area contributed by atoms with Crippen molar-refractivity contribution in [1.29, 1.82) is 0 Å². The van der Waals surface area contributed by atoms with Gasteiger partial charge in [0.25, 0.3) is 0 Å². The normalized spacial score (nSPS) is 11.8.